The number of hydrogen-bond acceptors (Lipinski definition) is 3. The van der Waals surface area contributed by atoms with Crippen molar-refractivity contribution in [2.75, 3.05) is 0 Å². The van der Waals surface area contributed by atoms with Crippen LogP contribution < -0.4 is 0 Å². The highest BCUT2D eigenvalue weighted by Crippen LogP contribution is 2.28. The minimum absolute atomic E-state index is 0.0749. The molecule has 6 heteroatoms. The van der Waals surface area contributed by atoms with E-state index in [1.807, 2.05) is 38.1 Å². The summed E-state index contributed by atoms with van der Waals surface area (Å²) in [5.74, 6) is -0.523. The maximum Gasteiger partial charge on any atom is 0.284 e. The van der Waals surface area contributed by atoms with Gasteiger partial charge in [0.05, 0.1) is 5.54 Å². The number of hydrazine groups is 1. The summed E-state index contributed by atoms with van der Waals surface area (Å²) in [6.07, 6.45) is 0.101. The van der Waals surface area contributed by atoms with Gasteiger partial charge in [-0.3, -0.25) is 9.59 Å². The first-order valence-corrected chi connectivity index (χ1v) is 8.93. The first-order chi connectivity index (χ1) is 12.1. The number of nitrogens with zero attached hydrogens (tertiary/aromatic N) is 2. The van der Waals surface area contributed by atoms with Gasteiger partial charge >= 0.3 is 0 Å². The minimum Gasteiger partial charge on any atom is -0.294 e. The van der Waals surface area contributed by atoms with Crippen LogP contribution in [-0.4, -0.2) is 26.3 Å². The molecular formula is C20H22Cl2N2O2. The number of carbonyl (C=O) groups is 2. The summed E-state index contributed by atoms with van der Waals surface area (Å²) >= 11 is 12.5. The number of Topliss-reactive ketones (excluding diaryl/α,β-unsaturated/α-hetero) is 1. The lowest BCUT2D eigenvalue weighted by atomic mass is 9.94. The molecule has 0 fully saturated rings. The number of amides is 1. The Morgan fingerprint density at radius 1 is 0.962 bits per heavy atom. The molecule has 0 N–H and O–H groups in total. The molecule has 26 heavy (non-hydrogen) atoms. The molecule has 0 aliphatic rings. The molecule has 4 nitrogen and oxygen atoms in total. The summed E-state index contributed by atoms with van der Waals surface area (Å²) in [4.78, 5) is 25.2. The number of ketones is 1. The van der Waals surface area contributed by atoms with E-state index in [9.17, 15) is 9.59 Å². The van der Waals surface area contributed by atoms with Gasteiger partial charge in [-0.1, -0.05) is 48.0 Å². The van der Waals surface area contributed by atoms with Crippen molar-refractivity contribution in [2.45, 2.75) is 39.7 Å². The van der Waals surface area contributed by atoms with Crippen molar-refractivity contribution in [1.82, 2.24) is 9.06 Å². The van der Waals surface area contributed by atoms with Gasteiger partial charge in [0, 0.05) is 41.1 Å². The Bertz CT molecular complexity index is 804. The van der Waals surface area contributed by atoms with Crippen LogP contribution in [0.25, 0.3) is 0 Å². The van der Waals surface area contributed by atoms with E-state index in [1.54, 1.807) is 38.1 Å². The summed E-state index contributed by atoms with van der Waals surface area (Å²) in [6, 6.07) is 14.4. The molecule has 0 heterocycles. The number of carbonyl (C=O) groups excluding carboxylic acids is 2. The van der Waals surface area contributed by atoms with Gasteiger partial charge in [0.25, 0.3) is 5.91 Å². The van der Waals surface area contributed by atoms with E-state index in [0.29, 0.717) is 11.1 Å². The fraction of sp³-hybridized carbons (Fsp3) is 0.300. The second-order valence-electron chi connectivity index (χ2n) is 6.92. The van der Waals surface area contributed by atoms with Gasteiger partial charge in [-0.2, -0.15) is 4.53 Å². The van der Waals surface area contributed by atoms with Crippen LogP contribution in [0.1, 0.15) is 52.1 Å². The van der Waals surface area contributed by atoms with E-state index < -0.39 is 11.4 Å². The Labute approximate surface area is 164 Å². The molecule has 0 atom stereocenters. The molecule has 0 aliphatic heterocycles. The van der Waals surface area contributed by atoms with Crippen molar-refractivity contribution in [1.29, 1.82) is 0 Å². The van der Waals surface area contributed by atoms with Gasteiger partial charge in [-0.25, -0.2) is 0 Å². The van der Waals surface area contributed by atoms with Gasteiger partial charge in [-0.15, -0.1) is 4.53 Å². The summed E-state index contributed by atoms with van der Waals surface area (Å²) in [5, 5.41) is 0. The van der Waals surface area contributed by atoms with E-state index in [4.69, 9.17) is 23.6 Å². The minimum atomic E-state index is -0.871. The second kappa shape index (κ2) is 8.21. The fourth-order valence-electron chi connectivity index (χ4n) is 2.53. The maximum atomic E-state index is 12.6. The topological polar surface area (TPSA) is 40.6 Å². The van der Waals surface area contributed by atoms with Crippen LogP contribution in [0.2, 0.25) is 0 Å². The monoisotopic (exact) mass is 392 g/mol. The van der Waals surface area contributed by atoms with E-state index in [1.165, 1.54) is 0 Å². The number of halogens is 2. The highest BCUT2D eigenvalue weighted by molar-refractivity contribution is 6.27. The number of hydrogen-bond donors (Lipinski definition) is 0. The average Bonchev–Trinajstić information content (AvgIpc) is 2.60. The van der Waals surface area contributed by atoms with Gasteiger partial charge in [0.1, 0.15) is 0 Å². The smallest absolute Gasteiger partial charge is 0.284 e. The van der Waals surface area contributed by atoms with Crippen LogP contribution in [0.4, 0.5) is 0 Å². The largest absolute Gasteiger partial charge is 0.294 e. The Balaban J connectivity index is 2.14. The molecule has 0 saturated heterocycles. The lowest BCUT2D eigenvalue weighted by molar-refractivity contribution is 0.0373. The van der Waals surface area contributed by atoms with Crippen LogP contribution in [-0.2, 0) is 0 Å². The standard InChI is InChI=1S/C20H22Cl2N2O2/c1-14-9-11-16(12-10-14)18(25)13-20(3,4)24(22)23(21)19(26)17-8-6-5-7-15(17)2/h5-12H,13H2,1-4H3. The molecule has 0 aliphatic carbocycles. The molecule has 0 saturated carbocycles. The van der Waals surface area contributed by atoms with E-state index in [2.05, 4.69) is 0 Å². The summed E-state index contributed by atoms with van der Waals surface area (Å²) in [5.41, 5.74) is 2.05. The van der Waals surface area contributed by atoms with Crippen molar-refractivity contribution in [3.63, 3.8) is 0 Å². The summed E-state index contributed by atoms with van der Waals surface area (Å²) in [7, 11) is 0. The molecule has 2 rings (SSSR count). The lowest BCUT2D eigenvalue weighted by Crippen LogP contribution is -2.48. The van der Waals surface area contributed by atoms with Crippen molar-refractivity contribution in [3.05, 3.63) is 70.8 Å². The van der Waals surface area contributed by atoms with Gasteiger partial charge in [0.15, 0.2) is 5.78 Å². The molecule has 0 unspecified atom stereocenters. The zero-order chi connectivity index (χ0) is 19.5. The molecule has 0 bridgehead atoms. The normalized spacial score (nSPS) is 11.5. The zero-order valence-corrected chi connectivity index (χ0v) is 16.8. The molecular weight excluding hydrogens is 371 g/mol. The van der Waals surface area contributed by atoms with Gasteiger partial charge in [0.2, 0.25) is 0 Å². The second-order valence-corrected chi connectivity index (χ2v) is 7.56. The van der Waals surface area contributed by atoms with Crippen molar-refractivity contribution in [3.8, 4) is 0 Å². The SMILES string of the molecule is Cc1ccc(C(=O)CC(C)(C)N(Cl)N(Cl)C(=O)c2ccccc2C)cc1. The highest BCUT2D eigenvalue weighted by Gasteiger charge is 2.35. The first-order valence-electron chi connectivity index (χ1n) is 8.25. The van der Waals surface area contributed by atoms with Crippen LogP contribution in [0.3, 0.4) is 0 Å². The number of rotatable bonds is 6. The summed E-state index contributed by atoms with van der Waals surface area (Å²) in [6.45, 7) is 7.29. The average molecular weight is 393 g/mol. The molecule has 138 valence electrons. The third-order valence-corrected chi connectivity index (χ3v) is 5.15. The van der Waals surface area contributed by atoms with E-state index in [0.717, 1.165) is 20.2 Å². The maximum absolute atomic E-state index is 12.6. The van der Waals surface area contributed by atoms with E-state index >= 15 is 0 Å². The molecule has 0 spiro atoms. The van der Waals surface area contributed by atoms with Crippen LogP contribution in [0.15, 0.2) is 48.5 Å². The predicted octanol–water partition coefficient (Wildman–Crippen LogP) is 5.32. The van der Waals surface area contributed by atoms with Crippen LogP contribution >= 0.6 is 23.6 Å². The molecule has 2 aromatic carbocycles. The summed E-state index contributed by atoms with van der Waals surface area (Å²) < 4.78 is 1.90. The zero-order valence-electron chi connectivity index (χ0n) is 15.3. The molecule has 0 aromatic heterocycles. The van der Waals surface area contributed by atoms with Gasteiger partial charge < -0.3 is 0 Å². The third kappa shape index (κ3) is 4.64. The Morgan fingerprint density at radius 2 is 1.54 bits per heavy atom. The van der Waals surface area contributed by atoms with Crippen molar-refractivity contribution < 1.29 is 9.59 Å². The van der Waals surface area contributed by atoms with Crippen LogP contribution in [0.5, 0.6) is 0 Å². The van der Waals surface area contributed by atoms with Crippen molar-refractivity contribution in [2.24, 2.45) is 0 Å². The Hall–Kier alpha value is -1.88. The number of benzene rings is 2. The van der Waals surface area contributed by atoms with Crippen molar-refractivity contribution >= 4 is 35.2 Å². The van der Waals surface area contributed by atoms with Crippen LogP contribution in [0, 0.1) is 13.8 Å². The quantitative estimate of drug-likeness (QED) is 0.379. The van der Waals surface area contributed by atoms with E-state index in [-0.39, 0.29) is 12.2 Å². The highest BCUT2D eigenvalue weighted by atomic mass is 35.5. The Morgan fingerprint density at radius 3 is 2.12 bits per heavy atom. The molecule has 2 aromatic rings. The molecule has 0 radical (unpaired) electrons. The number of aryl methyl sites for hydroxylation is 2. The van der Waals surface area contributed by atoms with Gasteiger partial charge in [-0.05, 0) is 39.3 Å². The predicted molar refractivity (Wildman–Crippen MR) is 105 cm³/mol. The third-order valence-electron chi connectivity index (χ3n) is 4.16. The first kappa shape index (κ1) is 20.4. The lowest BCUT2D eigenvalue weighted by Gasteiger charge is -2.36. The molecule has 1 amide bonds. The Kier molecular flexibility index (Phi) is 6.45. The fourth-order valence-corrected chi connectivity index (χ4v) is 2.95.